The lowest BCUT2D eigenvalue weighted by atomic mass is 9.78. The molecule has 418 valence electrons. The van der Waals surface area contributed by atoms with Gasteiger partial charge in [0.15, 0.2) is 0 Å². The van der Waals surface area contributed by atoms with Crippen LogP contribution in [-0.2, 0) is 0 Å². The van der Waals surface area contributed by atoms with Gasteiger partial charge in [0, 0.05) is 0 Å². The Kier molecular flexibility index (Phi) is 11.8. The van der Waals surface area contributed by atoms with Crippen molar-refractivity contribution in [1.82, 2.24) is 0 Å². The number of rotatable bonds is 9. The van der Waals surface area contributed by atoms with E-state index in [1.807, 2.05) is 0 Å². The summed E-state index contributed by atoms with van der Waals surface area (Å²) < 4.78 is 0. The zero-order valence-corrected chi connectivity index (χ0v) is 50.0. The molecule has 0 aromatic heterocycles. The summed E-state index contributed by atoms with van der Waals surface area (Å²) in [5.41, 5.74) is 34.8. The lowest BCUT2D eigenvalue weighted by molar-refractivity contribution is 1.47. The average molecular weight is 1140 g/mol. The summed E-state index contributed by atoms with van der Waals surface area (Å²) in [4.78, 5) is 0. The quantitative estimate of drug-likeness (QED) is 0.135. The molecule has 0 N–H and O–H groups in total. The molecule has 0 heteroatoms. The third kappa shape index (κ3) is 7.81. The van der Waals surface area contributed by atoms with Crippen molar-refractivity contribution in [1.29, 1.82) is 0 Å². The first kappa shape index (κ1) is 51.8. The third-order valence-electron chi connectivity index (χ3n) is 19.5. The van der Waals surface area contributed by atoms with Gasteiger partial charge in [0.25, 0.3) is 0 Å². The molecule has 16 aromatic carbocycles. The lowest BCUT2D eigenvalue weighted by Gasteiger charge is -2.24. The van der Waals surface area contributed by atoms with Crippen molar-refractivity contribution in [3.05, 3.63) is 327 Å². The molecule has 18 rings (SSSR count). The van der Waals surface area contributed by atoms with Gasteiger partial charge in [-0.1, -0.05) is 327 Å². The topological polar surface area (TPSA) is 0 Å². The molecule has 0 nitrogen and oxygen atoms in total. The first-order chi connectivity index (χ1) is 44.6. The average Bonchev–Trinajstić information content (AvgIpc) is 1.52. The van der Waals surface area contributed by atoms with Crippen LogP contribution in [0.15, 0.2) is 315 Å². The fourth-order valence-electron chi connectivity index (χ4n) is 15.7. The summed E-state index contributed by atoms with van der Waals surface area (Å²) in [7, 11) is 0. The van der Waals surface area contributed by atoms with Crippen molar-refractivity contribution in [3.8, 4) is 145 Å². The van der Waals surface area contributed by atoms with Crippen molar-refractivity contribution in [2.45, 2.75) is 13.8 Å². The maximum absolute atomic E-state index is 2.47. The standard InChI is InChI=1S/C90H58/c1-55-43-47-61(48-44-55)79-71-31-15-17-33-73(71)85(83-63(57-23-7-3-8-24-57)35-19-36-64(83)58-25-9-4-10-26-58)89-77-53-51-67(69-39-21-41-75(81(69)77)87(79)89)68-52-54-78-82-70(68)40-22-42-76(82)88-80(62-49-45-56(2)46-50-62)72-32-16-18-34-74(72)86(90(78)88)84-65(59-27-11-5-12-28-59)37-20-38-66(84)60-29-13-6-14-30-60/h3-54H,1-2H3. The highest BCUT2D eigenvalue weighted by molar-refractivity contribution is 6.33. The number of aryl methyl sites for hydroxylation is 2. The third-order valence-corrected chi connectivity index (χ3v) is 19.5. The molecule has 0 aliphatic heterocycles. The molecular formula is C90H58. The summed E-state index contributed by atoms with van der Waals surface area (Å²) in [6.45, 7) is 4.38. The van der Waals surface area contributed by atoms with E-state index >= 15 is 0 Å². The zero-order valence-electron chi connectivity index (χ0n) is 50.0. The highest BCUT2D eigenvalue weighted by Gasteiger charge is 2.36. The minimum absolute atomic E-state index is 1.19. The molecule has 0 fully saturated rings. The molecule has 0 unspecified atom stereocenters. The maximum atomic E-state index is 2.47. The van der Waals surface area contributed by atoms with Crippen molar-refractivity contribution < 1.29 is 0 Å². The van der Waals surface area contributed by atoms with E-state index in [-0.39, 0.29) is 0 Å². The summed E-state index contributed by atoms with van der Waals surface area (Å²) in [5, 5.41) is 10.0. The van der Waals surface area contributed by atoms with Crippen LogP contribution >= 0.6 is 0 Å². The van der Waals surface area contributed by atoms with Gasteiger partial charge in [-0.05, 0) is 202 Å². The van der Waals surface area contributed by atoms with Crippen LogP contribution in [0.1, 0.15) is 11.1 Å². The number of hydrogen-bond acceptors (Lipinski definition) is 0. The second-order valence-corrected chi connectivity index (χ2v) is 24.5. The molecule has 90 heavy (non-hydrogen) atoms. The molecule has 0 radical (unpaired) electrons. The largest absolute Gasteiger partial charge is 0.0622 e. The first-order valence-electron chi connectivity index (χ1n) is 31.5. The van der Waals surface area contributed by atoms with E-state index in [1.165, 1.54) is 199 Å². The van der Waals surface area contributed by atoms with Crippen LogP contribution in [0.3, 0.4) is 0 Å². The molecule has 0 saturated carbocycles. The van der Waals surface area contributed by atoms with Crippen LogP contribution in [0.25, 0.3) is 188 Å². The Labute approximate surface area is 525 Å². The predicted octanol–water partition coefficient (Wildman–Crippen LogP) is 25.2. The minimum atomic E-state index is 1.19. The van der Waals surface area contributed by atoms with Gasteiger partial charge in [0.2, 0.25) is 0 Å². The Balaban J connectivity index is 0.934. The second-order valence-electron chi connectivity index (χ2n) is 24.5. The maximum Gasteiger partial charge on any atom is -0.000696 e. The lowest BCUT2D eigenvalue weighted by Crippen LogP contribution is -1.97. The molecule has 0 spiro atoms. The van der Waals surface area contributed by atoms with E-state index in [2.05, 4.69) is 329 Å². The predicted molar refractivity (Wildman–Crippen MR) is 384 cm³/mol. The van der Waals surface area contributed by atoms with Gasteiger partial charge < -0.3 is 0 Å². The first-order valence-corrected chi connectivity index (χ1v) is 31.5. The van der Waals surface area contributed by atoms with E-state index in [0.717, 1.165) is 0 Å². The molecule has 0 atom stereocenters. The van der Waals surface area contributed by atoms with Crippen LogP contribution in [-0.4, -0.2) is 0 Å². The van der Waals surface area contributed by atoms with Crippen molar-refractivity contribution in [2.24, 2.45) is 0 Å². The van der Waals surface area contributed by atoms with E-state index in [4.69, 9.17) is 0 Å². The molecule has 0 saturated heterocycles. The molecule has 0 amide bonds. The fraction of sp³-hybridized carbons (Fsp3) is 0.0222. The molecule has 16 aromatic rings. The number of fused-ring (bicyclic) bond motifs is 8. The molecular weight excluding hydrogens is 1080 g/mol. The molecule has 2 aliphatic rings. The summed E-state index contributed by atoms with van der Waals surface area (Å²) in [6, 6.07) is 119. The van der Waals surface area contributed by atoms with E-state index in [1.54, 1.807) is 0 Å². The van der Waals surface area contributed by atoms with Gasteiger partial charge in [-0.3, -0.25) is 0 Å². The van der Waals surface area contributed by atoms with Gasteiger partial charge in [-0.25, -0.2) is 0 Å². The van der Waals surface area contributed by atoms with Gasteiger partial charge in [0.1, 0.15) is 0 Å². The SMILES string of the molecule is Cc1ccc(-c2c3c(c(-c4c(-c5ccccc5)cccc4-c4ccccc4)c4ccccc24)-c2ccc(-c4ccc5c6c(cccc46)-c4c-5c(-c5c(-c6ccccc6)cccc5-c5ccccc5)c5ccccc5c4-c4ccc(C)cc4)c4cccc-3c24)cc1. The van der Waals surface area contributed by atoms with Crippen molar-refractivity contribution in [3.63, 3.8) is 0 Å². The summed E-state index contributed by atoms with van der Waals surface area (Å²) in [5.74, 6) is 0. The van der Waals surface area contributed by atoms with Crippen LogP contribution in [0.4, 0.5) is 0 Å². The smallest absolute Gasteiger partial charge is 0.000696 e. The van der Waals surface area contributed by atoms with Gasteiger partial charge in [-0.15, -0.1) is 0 Å². The van der Waals surface area contributed by atoms with Gasteiger partial charge >= 0.3 is 0 Å². The Hall–Kier alpha value is -11.4. The zero-order chi connectivity index (χ0) is 59.6. The molecule has 2 aliphatic carbocycles. The monoisotopic (exact) mass is 1140 g/mol. The van der Waals surface area contributed by atoms with E-state index in [0.29, 0.717) is 0 Å². The van der Waals surface area contributed by atoms with Crippen LogP contribution in [0, 0.1) is 13.8 Å². The Morgan fingerprint density at radius 2 is 0.378 bits per heavy atom. The Morgan fingerprint density at radius 3 is 0.711 bits per heavy atom. The normalized spacial score (nSPS) is 11.9. The number of hydrogen-bond donors (Lipinski definition) is 0. The fourth-order valence-corrected chi connectivity index (χ4v) is 15.7. The van der Waals surface area contributed by atoms with E-state index < -0.39 is 0 Å². The second kappa shape index (κ2) is 20.6. The van der Waals surface area contributed by atoms with Crippen molar-refractivity contribution in [2.75, 3.05) is 0 Å². The highest BCUT2D eigenvalue weighted by atomic mass is 14.4. The molecule has 0 bridgehead atoms. The highest BCUT2D eigenvalue weighted by Crippen LogP contribution is 2.63. The molecule has 0 heterocycles. The summed E-state index contributed by atoms with van der Waals surface area (Å²) in [6.07, 6.45) is 0. The van der Waals surface area contributed by atoms with Crippen LogP contribution in [0.2, 0.25) is 0 Å². The van der Waals surface area contributed by atoms with Gasteiger partial charge in [-0.2, -0.15) is 0 Å². The minimum Gasteiger partial charge on any atom is -0.0622 e. The van der Waals surface area contributed by atoms with Crippen LogP contribution < -0.4 is 0 Å². The van der Waals surface area contributed by atoms with Crippen LogP contribution in [0.5, 0.6) is 0 Å². The van der Waals surface area contributed by atoms with Crippen molar-refractivity contribution >= 4 is 43.1 Å². The van der Waals surface area contributed by atoms with E-state index in [9.17, 15) is 0 Å². The summed E-state index contributed by atoms with van der Waals surface area (Å²) >= 11 is 0. The Morgan fingerprint density at radius 1 is 0.133 bits per heavy atom. The van der Waals surface area contributed by atoms with Gasteiger partial charge in [0.05, 0.1) is 0 Å². The Bertz CT molecular complexity index is 5130. The number of benzene rings is 16.